The van der Waals surface area contributed by atoms with Gasteiger partial charge in [-0.3, -0.25) is 0 Å². The molecule has 1 aromatic carbocycles. The summed E-state index contributed by atoms with van der Waals surface area (Å²) in [4.78, 5) is 11.2. The molecule has 1 unspecified atom stereocenters. The van der Waals surface area contributed by atoms with Gasteiger partial charge >= 0.3 is 0 Å². The van der Waals surface area contributed by atoms with Crippen LogP contribution in [0.4, 0.5) is 0 Å². The Balaban J connectivity index is 0.00000261. The quantitative estimate of drug-likeness (QED) is 0.385. The molecule has 1 aromatic heterocycles. The average molecular weight is 484 g/mol. The van der Waals surface area contributed by atoms with Gasteiger partial charge in [0.25, 0.3) is 0 Å². The number of hydrogen-bond acceptors (Lipinski definition) is 4. The minimum absolute atomic E-state index is 0. The minimum Gasteiger partial charge on any atom is -0.439 e. The lowest BCUT2D eigenvalue weighted by molar-refractivity contribution is 0.181. The maximum atomic E-state index is 5.87. The number of nitrogens with zero attached hydrogens (tertiary/aromatic N) is 3. The van der Waals surface area contributed by atoms with Crippen LogP contribution in [-0.2, 0) is 11.3 Å². The van der Waals surface area contributed by atoms with Crippen LogP contribution in [-0.4, -0.2) is 49.2 Å². The summed E-state index contributed by atoms with van der Waals surface area (Å²) < 4.78 is 11.3. The lowest BCUT2D eigenvalue weighted by atomic mass is 10.1. The van der Waals surface area contributed by atoms with Gasteiger partial charge in [-0.1, -0.05) is 29.8 Å². The normalized spacial score (nSPS) is 16.9. The third-order valence-electron chi connectivity index (χ3n) is 4.51. The van der Waals surface area contributed by atoms with Crippen LogP contribution in [0.5, 0.6) is 0 Å². The summed E-state index contributed by atoms with van der Waals surface area (Å²) in [6, 6.07) is 8.23. The van der Waals surface area contributed by atoms with Crippen molar-refractivity contribution in [3.63, 3.8) is 0 Å². The molecule has 1 atom stereocenters. The Kier molecular flexibility index (Phi) is 8.56. The van der Waals surface area contributed by atoms with Crippen LogP contribution in [0.2, 0.25) is 0 Å². The number of ether oxygens (including phenoxy) is 1. The van der Waals surface area contributed by atoms with E-state index in [2.05, 4.69) is 53.2 Å². The van der Waals surface area contributed by atoms with Gasteiger partial charge in [-0.15, -0.1) is 24.0 Å². The number of rotatable bonds is 6. The third-order valence-corrected chi connectivity index (χ3v) is 4.51. The van der Waals surface area contributed by atoms with E-state index >= 15 is 0 Å². The first kappa shape index (κ1) is 21.7. The van der Waals surface area contributed by atoms with Gasteiger partial charge in [-0.05, 0) is 20.3 Å². The number of aromatic nitrogens is 1. The molecule has 3 rings (SSSR count). The molecule has 0 amide bonds. The predicted octanol–water partition coefficient (Wildman–Crippen LogP) is 3.70. The van der Waals surface area contributed by atoms with Gasteiger partial charge < -0.3 is 19.4 Å². The second-order valence-corrected chi connectivity index (χ2v) is 6.76. The van der Waals surface area contributed by atoms with E-state index < -0.39 is 0 Å². The van der Waals surface area contributed by atoms with Crippen molar-refractivity contribution >= 4 is 29.9 Å². The fourth-order valence-corrected chi connectivity index (χ4v) is 3.05. The van der Waals surface area contributed by atoms with Crippen LogP contribution >= 0.6 is 24.0 Å². The topological polar surface area (TPSA) is 62.9 Å². The van der Waals surface area contributed by atoms with Crippen molar-refractivity contribution in [3.05, 3.63) is 41.9 Å². The smallest absolute Gasteiger partial charge is 0.216 e. The molecule has 0 bridgehead atoms. The number of oxazole rings is 1. The van der Waals surface area contributed by atoms with Gasteiger partial charge in [0, 0.05) is 38.2 Å². The zero-order valence-electron chi connectivity index (χ0n) is 16.3. The van der Waals surface area contributed by atoms with Crippen LogP contribution in [0.25, 0.3) is 11.3 Å². The van der Waals surface area contributed by atoms with E-state index in [-0.39, 0.29) is 24.0 Å². The van der Waals surface area contributed by atoms with Gasteiger partial charge in [0.05, 0.1) is 12.8 Å². The molecule has 0 radical (unpaired) electrons. The fraction of sp³-hybridized carbons (Fsp3) is 0.500. The van der Waals surface area contributed by atoms with Crippen molar-refractivity contribution in [2.75, 3.05) is 33.4 Å². The Morgan fingerprint density at radius 1 is 1.33 bits per heavy atom. The van der Waals surface area contributed by atoms with Crippen molar-refractivity contribution in [3.8, 4) is 11.3 Å². The molecule has 148 valence electrons. The zero-order chi connectivity index (χ0) is 18.4. The molecular weight excluding hydrogens is 455 g/mol. The first-order chi connectivity index (χ1) is 12.7. The molecule has 1 fully saturated rings. The van der Waals surface area contributed by atoms with E-state index in [4.69, 9.17) is 9.15 Å². The summed E-state index contributed by atoms with van der Waals surface area (Å²) in [6.07, 6.45) is 2.88. The predicted molar refractivity (Wildman–Crippen MR) is 118 cm³/mol. The summed E-state index contributed by atoms with van der Waals surface area (Å²) in [7, 11) is 2.06. The number of aliphatic imine (C=N–C) groups is 1. The highest BCUT2D eigenvalue weighted by atomic mass is 127. The van der Waals surface area contributed by atoms with Crippen LogP contribution in [0.3, 0.4) is 0 Å². The van der Waals surface area contributed by atoms with E-state index in [0.717, 1.165) is 50.0 Å². The molecule has 1 aliphatic rings. The molecule has 6 nitrogen and oxygen atoms in total. The Hall–Kier alpha value is -1.61. The summed E-state index contributed by atoms with van der Waals surface area (Å²) in [6.45, 7) is 8.02. The monoisotopic (exact) mass is 484 g/mol. The molecule has 0 aliphatic carbocycles. The first-order valence-electron chi connectivity index (χ1n) is 9.24. The maximum Gasteiger partial charge on any atom is 0.216 e. The van der Waals surface area contributed by atoms with Crippen LogP contribution in [0.1, 0.15) is 24.8 Å². The number of aryl methyl sites for hydroxylation is 1. The molecule has 1 N–H and O–H groups in total. The highest BCUT2D eigenvalue weighted by Gasteiger charge is 2.19. The van der Waals surface area contributed by atoms with Crippen LogP contribution in [0, 0.1) is 12.8 Å². The SMILES string of the molecule is CCNC(=NCc1ncc(-c2ccc(C)cc2)o1)N(C)CC1CCOC1.I. The Bertz CT molecular complexity index is 724. The molecule has 0 spiro atoms. The minimum atomic E-state index is 0. The van der Waals surface area contributed by atoms with Crippen LogP contribution in [0.15, 0.2) is 39.9 Å². The van der Waals surface area contributed by atoms with Crippen LogP contribution < -0.4 is 5.32 Å². The molecule has 2 aromatic rings. The standard InChI is InChI=1S/C20H28N4O2.HI/c1-4-21-20(24(3)13-16-9-10-25-14-16)23-12-19-22-11-18(26-19)17-7-5-15(2)6-8-17;/h5-8,11,16H,4,9-10,12-14H2,1-3H3,(H,21,23);1H. The Labute approximate surface area is 178 Å². The second-order valence-electron chi connectivity index (χ2n) is 6.76. The molecular formula is C20H29IN4O2. The molecule has 1 saturated heterocycles. The second kappa shape index (κ2) is 10.7. The van der Waals surface area contributed by atoms with Gasteiger partial charge in [-0.25, -0.2) is 9.98 Å². The molecule has 27 heavy (non-hydrogen) atoms. The number of benzene rings is 1. The number of guanidine groups is 1. The number of hydrogen-bond donors (Lipinski definition) is 1. The van der Waals surface area contributed by atoms with Crippen molar-refractivity contribution in [1.29, 1.82) is 0 Å². The summed E-state index contributed by atoms with van der Waals surface area (Å²) in [5.74, 6) is 2.83. The van der Waals surface area contributed by atoms with Gasteiger partial charge in [-0.2, -0.15) is 0 Å². The lowest BCUT2D eigenvalue weighted by Crippen LogP contribution is -2.41. The summed E-state index contributed by atoms with van der Waals surface area (Å²) in [5, 5.41) is 3.34. The Morgan fingerprint density at radius 3 is 2.78 bits per heavy atom. The lowest BCUT2D eigenvalue weighted by Gasteiger charge is -2.24. The maximum absolute atomic E-state index is 5.87. The number of halogens is 1. The average Bonchev–Trinajstić information content (AvgIpc) is 3.31. The van der Waals surface area contributed by atoms with Crippen molar-refractivity contribution in [1.82, 2.24) is 15.2 Å². The van der Waals surface area contributed by atoms with Gasteiger partial charge in [0.15, 0.2) is 11.7 Å². The highest BCUT2D eigenvalue weighted by Crippen LogP contribution is 2.21. The highest BCUT2D eigenvalue weighted by molar-refractivity contribution is 14.0. The van der Waals surface area contributed by atoms with E-state index in [0.29, 0.717) is 18.4 Å². The molecule has 2 heterocycles. The molecule has 7 heteroatoms. The first-order valence-corrected chi connectivity index (χ1v) is 9.24. The van der Waals surface area contributed by atoms with Crippen molar-refractivity contribution < 1.29 is 9.15 Å². The van der Waals surface area contributed by atoms with Crippen molar-refractivity contribution in [2.45, 2.75) is 26.8 Å². The third kappa shape index (κ3) is 6.21. The fourth-order valence-electron chi connectivity index (χ4n) is 3.05. The summed E-state index contributed by atoms with van der Waals surface area (Å²) in [5.41, 5.74) is 2.26. The molecule has 0 saturated carbocycles. The van der Waals surface area contributed by atoms with E-state index in [1.807, 2.05) is 12.1 Å². The van der Waals surface area contributed by atoms with Gasteiger partial charge in [0.1, 0.15) is 6.54 Å². The Morgan fingerprint density at radius 2 is 2.11 bits per heavy atom. The number of nitrogens with one attached hydrogen (secondary N) is 1. The molecule has 1 aliphatic heterocycles. The zero-order valence-corrected chi connectivity index (χ0v) is 18.6. The summed E-state index contributed by atoms with van der Waals surface area (Å²) >= 11 is 0. The van der Waals surface area contributed by atoms with E-state index in [1.54, 1.807) is 6.20 Å². The van der Waals surface area contributed by atoms with E-state index in [1.165, 1.54) is 5.56 Å². The van der Waals surface area contributed by atoms with Crippen molar-refractivity contribution in [2.24, 2.45) is 10.9 Å². The van der Waals surface area contributed by atoms with Gasteiger partial charge in [0.2, 0.25) is 5.89 Å². The largest absolute Gasteiger partial charge is 0.439 e. The van der Waals surface area contributed by atoms with E-state index in [9.17, 15) is 0 Å².